The maximum Gasteiger partial charge on any atom is 0.309 e. The van der Waals surface area contributed by atoms with E-state index in [2.05, 4.69) is 36.1 Å². The van der Waals surface area contributed by atoms with Crippen LogP contribution in [0.2, 0.25) is 0 Å². The molecule has 0 atom stereocenters. The Morgan fingerprint density at radius 3 is 2.28 bits per heavy atom. The summed E-state index contributed by atoms with van der Waals surface area (Å²) < 4.78 is 0. The Kier molecular flexibility index (Phi) is 4.76. The molecule has 100 valence electrons. The molecule has 0 amide bonds. The van der Waals surface area contributed by atoms with Crippen molar-refractivity contribution in [3.8, 4) is 0 Å². The zero-order chi connectivity index (χ0) is 13.8. The molecule has 0 aliphatic carbocycles. The molecule has 0 aromatic heterocycles. The van der Waals surface area contributed by atoms with Crippen molar-refractivity contribution >= 4 is 11.7 Å². The second kappa shape index (κ2) is 5.89. The van der Waals surface area contributed by atoms with Crippen LogP contribution in [0.25, 0.3) is 0 Å². The summed E-state index contributed by atoms with van der Waals surface area (Å²) in [5, 5.41) is 9.07. The number of hydrogen-bond acceptors (Lipinski definition) is 2. The molecule has 0 fully saturated rings. The monoisotopic (exact) mass is 249 g/mol. The van der Waals surface area contributed by atoms with Crippen LogP contribution >= 0.6 is 0 Å². The minimum atomic E-state index is -0.739. The van der Waals surface area contributed by atoms with Gasteiger partial charge in [-0.1, -0.05) is 19.1 Å². The molecule has 0 saturated carbocycles. The predicted octanol–water partition coefficient (Wildman–Crippen LogP) is 3.19. The third-order valence-electron chi connectivity index (χ3n) is 3.44. The smallest absolute Gasteiger partial charge is 0.309 e. The van der Waals surface area contributed by atoms with E-state index in [9.17, 15) is 4.79 Å². The standard InChI is InChI=1S/C15H23NO2/c1-5-12-6-8-13(9-7-12)16(4)11-10-15(2,3)14(17)18/h6-9H,5,10-11H2,1-4H3,(H,17,18). The lowest BCUT2D eigenvalue weighted by atomic mass is 9.89. The average molecular weight is 249 g/mol. The third kappa shape index (κ3) is 3.76. The summed E-state index contributed by atoms with van der Waals surface area (Å²) in [6, 6.07) is 8.42. The molecule has 3 nitrogen and oxygen atoms in total. The first-order valence-corrected chi connectivity index (χ1v) is 6.40. The third-order valence-corrected chi connectivity index (χ3v) is 3.44. The molecule has 0 heterocycles. The molecule has 0 bridgehead atoms. The molecule has 0 spiro atoms. The summed E-state index contributed by atoms with van der Waals surface area (Å²) in [6.45, 7) is 6.41. The molecule has 0 saturated heterocycles. The first kappa shape index (κ1) is 14.6. The fourth-order valence-electron chi connectivity index (χ4n) is 1.67. The van der Waals surface area contributed by atoms with Crippen LogP contribution in [-0.4, -0.2) is 24.7 Å². The number of carboxylic acid groups (broad SMARTS) is 1. The normalized spacial score (nSPS) is 11.3. The van der Waals surface area contributed by atoms with E-state index in [4.69, 9.17) is 5.11 Å². The van der Waals surface area contributed by atoms with E-state index in [1.165, 1.54) is 5.56 Å². The van der Waals surface area contributed by atoms with Gasteiger partial charge in [0, 0.05) is 19.3 Å². The van der Waals surface area contributed by atoms with Gasteiger partial charge in [0.05, 0.1) is 5.41 Å². The average Bonchev–Trinajstić information content (AvgIpc) is 2.36. The van der Waals surface area contributed by atoms with E-state index >= 15 is 0 Å². The van der Waals surface area contributed by atoms with Gasteiger partial charge < -0.3 is 10.0 Å². The maximum atomic E-state index is 11.0. The largest absolute Gasteiger partial charge is 0.481 e. The van der Waals surface area contributed by atoms with Crippen molar-refractivity contribution < 1.29 is 9.90 Å². The van der Waals surface area contributed by atoms with Gasteiger partial charge in [-0.2, -0.15) is 0 Å². The van der Waals surface area contributed by atoms with Crippen molar-refractivity contribution in [2.24, 2.45) is 5.41 Å². The highest BCUT2D eigenvalue weighted by atomic mass is 16.4. The number of benzene rings is 1. The number of anilines is 1. The van der Waals surface area contributed by atoms with E-state index < -0.39 is 11.4 Å². The summed E-state index contributed by atoms with van der Waals surface area (Å²) in [7, 11) is 2.00. The van der Waals surface area contributed by atoms with E-state index in [1.807, 2.05) is 7.05 Å². The Balaban J connectivity index is 2.59. The molecule has 1 aromatic rings. The molecule has 1 aromatic carbocycles. The van der Waals surface area contributed by atoms with Gasteiger partial charge >= 0.3 is 5.97 Å². The molecule has 1 rings (SSSR count). The molecule has 0 aliphatic rings. The zero-order valence-electron chi connectivity index (χ0n) is 11.7. The number of carboxylic acids is 1. The molecule has 0 aliphatic heterocycles. The van der Waals surface area contributed by atoms with Gasteiger partial charge in [-0.25, -0.2) is 0 Å². The van der Waals surface area contributed by atoms with Crippen molar-refractivity contribution in [2.75, 3.05) is 18.5 Å². The van der Waals surface area contributed by atoms with Crippen LogP contribution in [0.3, 0.4) is 0 Å². The Morgan fingerprint density at radius 2 is 1.83 bits per heavy atom. The summed E-state index contributed by atoms with van der Waals surface area (Å²) in [6.07, 6.45) is 1.67. The van der Waals surface area contributed by atoms with E-state index in [-0.39, 0.29) is 0 Å². The second-order valence-corrected chi connectivity index (χ2v) is 5.38. The molecule has 1 N–H and O–H groups in total. The van der Waals surface area contributed by atoms with Crippen molar-refractivity contribution in [1.82, 2.24) is 0 Å². The Hall–Kier alpha value is -1.51. The minimum absolute atomic E-state index is 0.633. The van der Waals surface area contributed by atoms with Gasteiger partial charge in [-0.05, 0) is 44.4 Å². The maximum absolute atomic E-state index is 11.0. The van der Waals surface area contributed by atoms with E-state index in [0.717, 1.165) is 18.7 Å². The van der Waals surface area contributed by atoms with E-state index in [0.29, 0.717) is 6.42 Å². The van der Waals surface area contributed by atoms with E-state index in [1.54, 1.807) is 13.8 Å². The van der Waals surface area contributed by atoms with Gasteiger partial charge in [-0.3, -0.25) is 4.79 Å². The quantitative estimate of drug-likeness (QED) is 0.841. The lowest BCUT2D eigenvalue weighted by molar-refractivity contribution is -0.147. The molecule has 3 heteroatoms. The van der Waals surface area contributed by atoms with Gasteiger partial charge in [0.25, 0.3) is 0 Å². The van der Waals surface area contributed by atoms with Crippen LogP contribution in [0.5, 0.6) is 0 Å². The summed E-state index contributed by atoms with van der Waals surface area (Å²) >= 11 is 0. The van der Waals surface area contributed by atoms with Crippen LogP contribution in [-0.2, 0) is 11.2 Å². The van der Waals surface area contributed by atoms with Gasteiger partial charge in [0.1, 0.15) is 0 Å². The Labute approximate surface area is 109 Å². The Morgan fingerprint density at radius 1 is 1.28 bits per heavy atom. The summed E-state index contributed by atoms with van der Waals surface area (Å²) in [5.41, 5.74) is 1.78. The number of aryl methyl sites for hydroxylation is 1. The van der Waals surface area contributed by atoms with Gasteiger partial charge in [0.2, 0.25) is 0 Å². The number of hydrogen-bond donors (Lipinski definition) is 1. The van der Waals surface area contributed by atoms with Crippen LogP contribution in [0.4, 0.5) is 5.69 Å². The van der Waals surface area contributed by atoms with Gasteiger partial charge in [-0.15, -0.1) is 0 Å². The molecule has 0 radical (unpaired) electrons. The lowest BCUT2D eigenvalue weighted by Crippen LogP contribution is -2.30. The topological polar surface area (TPSA) is 40.5 Å². The van der Waals surface area contributed by atoms with Gasteiger partial charge in [0.15, 0.2) is 0 Å². The molecular formula is C15H23NO2. The fraction of sp³-hybridized carbons (Fsp3) is 0.533. The highest BCUT2D eigenvalue weighted by Gasteiger charge is 2.26. The molecular weight excluding hydrogens is 226 g/mol. The summed E-state index contributed by atoms with van der Waals surface area (Å²) in [4.78, 5) is 13.1. The zero-order valence-corrected chi connectivity index (χ0v) is 11.7. The highest BCUT2D eigenvalue weighted by molar-refractivity contribution is 5.73. The predicted molar refractivity (Wildman–Crippen MR) is 75.1 cm³/mol. The SMILES string of the molecule is CCc1ccc(N(C)CCC(C)(C)C(=O)O)cc1. The van der Waals surface area contributed by atoms with Crippen LogP contribution in [0.1, 0.15) is 32.8 Å². The van der Waals surface area contributed by atoms with Crippen molar-refractivity contribution in [3.05, 3.63) is 29.8 Å². The highest BCUT2D eigenvalue weighted by Crippen LogP contribution is 2.22. The number of nitrogens with zero attached hydrogens (tertiary/aromatic N) is 1. The van der Waals surface area contributed by atoms with Crippen LogP contribution < -0.4 is 4.90 Å². The first-order chi connectivity index (χ1) is 8.36. The number of aliphatic carboxylic acids is 1. The van der Waals surface area contributed by atoms with Crippen LogP contribution in [0.15, 0.2) is 24.3 Å². The summed E-state index contributed by atoms with van der Waals surface area (Å²) in [5.74, 6) is -0.739. The lowest BCUT2D eigenvalue weighted by Gasteiger charge is -2.25. The molecule has 0 unspecified atom stereocenters. The second-order valence-electron chi connectivity index (χ2n) is 5.38. The van der Waals surface area contributed by atoms with Crippen molar-refractivity contribution in [1.29, 1.82) is 0 Å². The number of rotatable bonds is 6. The first-order valence-electron chi connectivity index (χ1n) is 6.40. The van der Waals surface area contributed by atoms with Crippen LogP contribution in [0, 0.1) is 5.41 Å². The number of carbonyl (C=O) groups is 1. The molecule has 18 heavy (non-hydrogen) atoms. The van der Waals surface area contributed by atoms with Crippen molar-refractivity contribution in [3.63, 3.8) is 0 Å². The Bertz CT molecular complexity index is 395. The minimum Gasteiger partial charge on any atom is -0.481 e. The fourth-order valence-corrected chi connectivity index (χ4v) is 1.67. The van der Waals surface area contributed by atoms with Crippen molar-refractivity contribution in [2.45, 2.75) is 33.6 Å².